The number of fused-ring (bicyclic) bond motifs is 10. The summed E-state index contributed by atoms with van der Waals surface area (Å²) in [5, 5.41) is 9.31. The minimum atomic E-state index is 0.849. The van der Waals surface area contributed by atoms with Gasteiger partial charge in [0.15, 0.2) is 0 Å². The van der Waals surface area contributed by atoms with E-state index in [1.807, 2.05) is 6.07 Å². The average molecular weight is 562 g/mol. The van der Waals surface area contributed by atoms with Crippen molar-refractivity contribution in [1.29, 1.82) is 0 Å². The van der Waals surface area contributed by atoms with Gasteiger partial charge in [0.2, 0.25) is 0 Å². The smallest absolute Gasteiger partial charge is 0.135 e. The molecule has 0 N–H and O–H groups in total. The summed E-state index contributed by atoms with van der Waals surface area (Å²) in [6, 6.07) is 58.4. The Morgan fingerprint density at radius 1 is 0.318 bits per heavy atom. The van der Waals surface area contributed by atoms with Gasteiger partial charge in [0.1, 0.15) is 11.2 Å². The maximum atomic E-state index is 6.72. The SMILES string of the molecule is c1ccc(-c2ccc3c(c2)c2cc4c(cc2n3-c2ccccc2)c2ccccc2oc2ccccc2c2ccccc24)cc1. The lowest BCUT2D eigenvalue weighted by molar-refractivity contribution is 0.663. The maximum absolute atomic E-state index is 6.72. The monoisotopic (exact) mass is 561 g/mol. The highest BCUT2D eigenvalue weighted by Crippen LogP contribution is 2.40. The molecule has 2 heterocycles. The van der Waals surface area contributed by atoms with E-state index in [-0.39, 0.29) is 0 Å². The summed E-state index contributed by atoms with van der Waals surface area (Å²) >= 11 is 0. The molecule has 0 saturated carbocycles. The lowest BCUT2D eigenvalue weighted by Crippen LogP contribution is -1.93. The van der Waals surface area contributed by atoms with E-state index in [9.17, 15) is 0 Å². The Morgan fingerprint density at radius 2 is 0.841 bits per heavy atom. The Labute approximate surface area is 254 Å². The van der Waals surface area contributed by atoms with Gasteiger partial charge in [-0.25, -0.2) is 0 Å². The molecule has 0 amide bonds. The first-order valence-electron chi connectivity index (χ1n) is 15.0. The fourth-order valence-electron chi connectivity index (χ4n) is 6.80. The molecule has 9 rings (SSSR count). The van der Waals surface area contributed by atoms with Gasteiger partial charge in [0, 0.05) is 27.2 Å². The van der Waals surface area contributed by atoms with Gasteiger partial charge in [-0.2, -0.15) is 0 Å². The van der Waals surface area contributed by atoms with Crippen molar-refractivity contribution in [3.8, 4) is 16.8 Å². The van der Waals surface area contributed by atoms with Gasteiger partial charge in [-0.05, 0) is 81.2 Å². The van der Waals surface area contributed by atoms with Gasteiger partial charge in [0.25, 0.3) is 0 Å². The Hall–Kier alpha value is -5.86. The number of aromatic nitrogens is 1. The Morgan fingerprint density at radius 3 is 1.55 bits per heavy atom. The molecule has 0 unspecified atom stereocenters. The Kier molecular flexibility index (Phi) is 5.54. The van der Waals surface area contributed by atoms with Crippen LogP contribution in [0, 0.1) is 0 Å². The van der Waals surface area contributed by atoms with E-state index >= 15 is 0 Å². The Bertz CT molecular complexity index is 2590. The highest BCUT2D eigenvalue weighted by Gasteiger charge is 2.16. The number of nitrogens with zero attached hydrogens (tertiary/aromatic N) is 1. The van der Waals surface area contributed by atoms with Gasteiger partial charge >= 0.3 is 0 Å². The van der Waals surface area contributed by atoms with E-state index in [1.165, 1.54) is 43.7 Å². The van der Waals surface area contributed by atoms with Crippen molar-refractivity contribution in [3.05, 3.63) is 164 Å². The summed E-state index contributed by atoms with van der Waals surface area (Å²) in [7, 11) is 0. The topological polar surface area (TPSA) is 18.1 Å². The third-order valence-corrected chi connectivity index (χ3v) is 8.82. The van der Waals surface area contributed by atoms with Gasteiger partial charge in [-0.1, -0.05) is 115 Å². The van der Waals surface area contributed by atoms with Crippen molar-refractivity contribution < 1.29 is 4.42 Å². The van der Waals surface area contributed by atoms with Crippen molar-refractivity contribution in [2.24, 2.45) is 0 Å². The van der Waals surface area contributed by atoms with E-state index in [0.29, 0.717) is 0 Å². The molecule has 0 aliphatic heterocycles. The predicted molar refractivity (Wildman–Crippen MR) is 186 cm³/mol. The summed E-state index contributed by atoms with van der Waals surface area (Å²) in [6.45, 7) is 0. The molecule has 0 fully saturated rings. The zero-order valence-electron chi connectivity index (χ0n) is 23.9. The molecule has 0 bridgehead atoms. The zero-order chi connectivity index (χ0) is 29.0. The second-order valence-corrected chi connectivity index (χ2v) is 11.3. The van der Waals surface area contributed by atoms with E-state index in [0.717, 1.165) is 38.4 Å². The Balaban J connectivity index is 1.55. The summed E-state index contributed by atoms with van der Waals surface area (Å²) in [4.78, 5) is 0. The van der Waals surface area contributed by atoms with Crippen LogP contribution in [0.25, 0.3) is 82.1 Å². The van der Waals surface area contributed by atoms with Crippen LogP contribution in [0.15, 0.2) is 168 Å². The van der Waals surface area contributed by atoms with Gasteiger partial charge in [-0.15, -0.1) is 0 Å². The van der Waals surface area contributed by atoms with Gasteiger partial charge < -0.3 is 8.98 Å². The lowest BCUT2D eigenvalue weighted by Gasteiger charge is -2.09. The minimum Gasteiger partial charge on any atom is -0.456 e. The van der Waals surface area contributed by atoms with E-state index in [4.69, 9.17) is 4.42 Å². The fraction of sp³-hybridized carbons (Fsp3) is 0. The first-order valence-corrected chi connectivity index (χ1v) is 15.0. The lowest BCUT2D eigenvalue weighted by atomic mass is 9.98. The van der Waals surface area contributed by atoms with Crippen molar-refractivity contribution in [2.45, 2.75) is 0 Å². The molecule has 2 aromatic heterocycles. The van der Waals surface area contributed by atoms with Crippen LogP contribution in [0.4, 0.5) is 0 Å². The van der Waals surface area contributed by atoms with Crippen LogP contribution in [-0.2, 0) is 0 Å². The molecule has 0 radical (unpaired) electrons. The van der Waals surface area contributed by atoms with E-state index < -0.39 is 0 Å². The molecule has 206 valence electrons. The minimum absolute atomic E-state index is 0.849. The molecule has 0 aliphatic rings. The van der Waals surface area contributed by atoms with Crippen molar-refractivity contribution in [1.82, 2.24) is 4.57 Å². The maximum Gasteiger partial charge on any atom is 0.135 e. The molecule has 44 heavy (non-hydrogen) atoms. The molecule has 2 heteroatoms. The molecular weight excluding hydrogens is 534 g/mol. The van der Waals surface area contributed by atoms with Crippen molar-refractivity contribution in [2.75, 3.05) is 0 Å². The molecule has 0 spiro atoms. The zero-order valence-corrected chi connectivity index (χ0v) is 23.9. The number of benzene rings is 7. The van der Waals surface area contributed by atoms with Crippen molar-refractivity contribution in [3.63, 3.8) is 0 Å². The van der Waals surface area contributed by atoms with Crippen LogP contribution in [0.2, 0.25) is 0 Å². The third-order valence-electron chi connectivity index (χ3n) is 8.82. The normalized spacial score (nSPS) is 11.6. The quantitative estimate of drug-likeness (QED) is 0.205. The predicted octanol–water partition coefficient (Wildman–Crippen LogP) is 11.8. The molecule has 7 aromatic carbocycles. The van der Waals surface area contributed by atoms with Crippen LogP contribution in [0.3, 0.4) is 0 Å². The summed E-state index contributed by atoms with van der Waals surface area (Å²) in [6.07, 6.45) is 0. The largest absolute Gasteiger partial charge is 0.456 e. The molecule has 9 aromatic rings. The van der Waals surface area contributed by atoms with Crippen LogP contribution >= 0.6 is 0 Å². The van der Waals surface area contributed by atoms with E-state index in [2.05, 4.69) is 162 Å². The molecule has 0 saturated heterocycles. The third kappa shape index (κ3) is 3.82. The second-order valence-electron chi connectivity index (χ2n) is 11.3. The highest BCUT2D eigenvalue weighted by atomic mass is 16.3. The van der Waals surface area contributed by atoms with E-state index in [1.54, 1.807) is 0 Å². The molecule has 0 aliphatic carbocycles. The molecule has 0 atom stereocenters. The number of para-hydroxylation sites is 3. The van der Waals surface area contributed by atoms with Crippen LogP contribution in [0.5, 0.6) is 0 Å². The number of hydrogen-bond donors (Lipinski definition) is 0. The summed E-state index contributed by atoms with van der Waals surface area (Å²) in [5.41, 5.74) is 7.62. The summed E-state index contributed by atoms with van der Waals surface area (Å²) in [5.74, 6) is 0. The highest BCUT2D eigenvalue weighted by molar-refractivity contribution is 6.24. The number of hydrogen-bond acceptors (Lipinski definition) is 1. The van der Waals surface area contributed by atoms with Crippen LogP contribution in [0.1, 0.15) is 0 Å². The average Bonchev–Trinajstić information content (AvgIpc) is 3.43. The van der Waals surface area contributed by atoms with Crippen LogP contribution < -0.4 is 0 Å². The molecule has 2 nitrogen and oxygen atoms in total. The van der Waals surface area contributed by atoms with Crippen LogP contribution in [-0.4, -0.2) is 4.57 Å². The number of rotatable bonds is 2. The van der Waals surface area contributed by atoms with Gasteiger partial charge in [0.05, 0.1) is 11.0 Å². The van der Waals surface area contributed by atoms with Crippen molar-refractivity contribution >= 4 is 65.3 Å². The standard InChI is InChI=1S/C42H27NO/c1-3-13-28(14-4-1)29-23-24-39-37(25-29)38-26-35-32-18-8-7-17-31(32)33-19-9-11-21-41(33)44-42-22-12-10-20-34(42)36(35)27-40(38)43(39)30-15-5-2-6-16-30/h1-27H. The molecular formula is C42H27NO. The second kappa shape index (κ2) is 9.86. The summed E-state index contributed by atoms with van der Waals surface area (Å²) < 4.78 is 9.12. The first-order chi connectivity index (χ1) is 21.8. The van der Waals surface area contributed by atoms with Gasteiger partial charge in [-0.3, -0.25) is 0 Å². The first kappa shape index (κ1) is 24.7. The fourth-order valence-corrected chi connectivity index (χ4v) is 6.80.